The number of hydrogen-bond donors (Lipinski definition) is 2. The maximum Gasteiger partial charge on any atom is 0.327 e. The van der Waals surface area contributed by atoms with Gasteiger partial charge >= 0.3 is 6.03 Å². The quantitative estimate of drug-likeness (QED) is 0.731. The zero-order valence-corrected chi connectivity index (χ0v) is 15.5. The Bertz CT molecular complexity index is 749. The van der Waals surface area contributed by atoms with Crippen molar-refractivity contribution < 1.29 is 23.2 Å². The molecule has 2 unspecified atom stereocenters. The number of piperidine rings is 1. The molecule has 27 heavy (non-hydrogen) atoms. The van der Waals surface area contributed by atoms with Crippen LogP contribution in [0.25, 0.3) is 0 Å². The van der Waals surface area contributed by atoms with Gasteiger partial charge in [-0.05, 0) is 30.7 Å². The van der Waals surface area contributed by atoms with Crippen LogP contribution in [0.3, 0.4) is 0 Å². The molecule has 0 bridgehead atoms. The van der Waals surface area contributed by atoms with Crippen LogP contribution in [0, 0.1) is 11.6 Å². The number of imide groups is 1. The van der Waals surface area contributed by atoms with Gasteiger partial charge in [-0.15, -0.1) is 12.4 Å². The van der Waals surface area contributed by atoms with Crippen LogP contribution in [0.4, 0.5) is 13.6 Å². The Kier molecular flexibility index (Phi) is 6.72. The molecule has 4 amide bonds. The number of amides is 4. The van der Waals surface area contributed by atoms with E-state index in [0.717, 1.165) is 17.0 Å². The molecular weight excluding hydrogens is 382 g/mol. The largest absolute Gasteiger partial charge is 0.350 e. The Morgan fingerprint density at radius 2 is 2.04 bits per heavy atom. The summed E-state index contributed by atoms with van der Waals surface area (Å²) in [5.74, 6) is -2.93. The van der Waals surface area contributed by atoms with Crippen molar-refractivity contribution in [1.29, 1.82) is 0 Å². The van der Waals surface area contributed by atoms with Crippen LogP contribution in [0.1, 0.15) is 17.9 Å². The van der Waals surface area contributed by atoms with Gasteiger partial charge in [0.25, 0.3) is 5.91 Å². The van der Waals surface area contributed by atoms with Gasteiger partial charge in [-0.2, -0.15) is 0 Å². The van der Waals surface area contributed by atoms with E-state index in [1.165, 1.54) is 18.0 Å². The smallest absolute Gasteiger partial charge is 0.327 e. The fourth-order valence-corrected chi connectivity index (χ4v) is 3.37. The van der Waals surface area contributed by atoms with E-state index in [4.69, 9.17) is 0 Å². The predicted molar refractivity (Wildman–Crippen MR) is 95.5 cm³/mol. The summed E-state index contributed by atoms with van der Waals surface area (Å²) in [5.41, 5.74) is 0.601. The lowest BCUT2D eigenvalue weighted by molar-refractivity contribution is -0.131. The summed E-state index contributed by atoms with van der Waals surface area (Å²) in [6.07, 6.45) is 0.639. The summed E-state index contributed by atoms with van der Waals surface area (Å²) in [4.78, 5) is 38.1. The number of benzene rings is 1. The predicted octanol–water partition coefficient (Wildman–Crippen LogP) is 0.842. The Morgan fingerprint density at radius 3 is 2.67 bits per heavy atom. The minimum Gasteiger partial charge on any atom is -0.350 e. The first-order valence-corrected chi connectivity index (χ1v) is 8.37. The standard InChI is InChI=1S/C17H20F2N4O3.ClH/c1-22-9-16(25)23(17(22)26)8-15(24)21-14-7-20-5-4-11(14)10-2-3-12(18)13(19)6-10;/h2-3,6,11,14,20H,4-5,7-9H2,1H3,(H,21,24);1H. The van der Waals surface area contributed by atoms with Crippen LogP contribution in [0.5, 0.6) is 0 Å². The molecule has 2 atom stereocenters. The van der Waals surface area contributed by atoms with Crippen LogP contribution in [0.2, 0.25) is 0 Å². The minimum atomic E-state index is -0.928. The molecule has 7 nitrogen and oxygen atoms in total. The number of halogens is 3. The van der Waals surface area contributed by atoms with Crippen LogP contribution in [-0.2, 0) is 9.59 Å². The van der Waals surface area contributed by atoms with Crippen LogP contribution in [-0.4, -0.2) is 66.9 Å². The van der Waals surface area contributed by atoms with Crippen molar-refractivity contribution in [2.45, 2.75) is 18.4 Å². The van der Waals surface area contributed by atoms with Gasteiger partial charge in [0.05, 0.1) is 0 Å². The number of nitrogens with zero attached hydrogens (tertiary/aromatic N) is 2. The van der Waals surface area contributed by atoms with Crippen LogP contribution < -0.4 is 10.6 Å². The van der Waals surface area contributed by atoms with Crippen LogP contribution >= 0.6 is 12.4 Å². The monoisotopic (exact) mass is 402 g/mol. The fraction of sp³-hybridized carbons (Fsp3) is 0.471. The lowest BCUT2D eigenvalue weighted by atomic mass is 9.86. The highest BCUT2D eigenvalue weighted by Gasteiger charge is 2.36. The number of likely N-dealkylation sites (N-methyl/N-ethyl adjacent to an activating group) is 1. The summed E-state index contributed by atoms with van der Waals surface area (Å²) in [6, 6.07) is 2.86. The highest BCUT2D eigenvalue weighted by molar-refractivity contribution is 6.04. The summed E-state index contributed by atoms with van der Waals surface area (Å²) < 4.78 is 26.7. The molecule has 2 aliphatic heterocycles. The second kappa shape index (κ2) is 8.62. The Labute approximate surface area is 161 Å². The molecule has 2 aliphatic rings. The number of carbonyl (C=O) groups is 3. The third kappa shape index (κ3) is 4.54. The van der Waals surface area contributed by atoms with Crippen molar-refractivity contribution in [1.82, 2.24) is 20.4 Å². The molecule has 0 aliphatic carbocycles. The zero-order valence-electron chi connectivity index (χ0n) is 14.7. The highest BCUT2D eigenvalue weighted by Crippen LogP contribution is 2.27. The average molecular weight is 403 g/mol. The van der Waals surface area contributed by atoms with Gasteiger partial charge in [0, 0.05) is 25.6 Å². The normalized spacial score (nSPS) is 22.6. The van der Waals surface area contributed by atoms with E-state index in [2.05, 4.69) is 10.6 Å². The summed E-state index contributed by atoms with van der Waals surface area (Å²) in [6.45, 7) is 0.735. The van der Waals surface area contributed by atoms with E-state index in [0.29, 0.717) is 25.1 Å². The number of carbonyl (C=O) groups excluding carboxylic acids is 3. The highest BCUT2D eigenvalue weighted by atomic mass is 35.5. The molecule has 1 aromatic carbocycles. The zero-order chi connectivity index (χ0) is 18.8. The molecule has 10 heteroatoms. The van der Waals surface area contributed by atoms with Crippen molar-refractivity contribution in [3.63, 3.8) is 0 Å². The first-order chi connectivity index (χ1) is 12.4. The van der Waals surface area contributed by atoms with Crippen molar-refractivity contribution >= 4 is 30.3 Å². The number of hydrogen-bond acceptors (Lipinski definition) is 4. The summed E-state index contributed by atoms with van der Waals surface area (Å²) in [5, 5.41) is 5.95. The molecule has 148 valence electrons. The van der Waals surface area contributed by atoms with Gasteiger partial charge in [-0.3, -0.25) is 14.5 Å². The van der Waals surface area contributed by atoms with Crippen molar-refractivity contribution in [3.05, 3.63) is 35.4 Å². The topological polar surface area (TPSA) is 81.8 Å². The number of rotatable bonds is 4. The molecule has 3 rings (SSSR count). The molecule has 2 saturated heterocycles. The van der Waals surface area contributed by atoms with E-state index in [1.54, 1.807) is 0 Å². The van der Waals surface area contributed by atoms with Crippen molar-refractivity contribution in [2.75, 3.05) is 33.2 Å². The maximum atomic E-state index is 13.6. The second-order valence-corrected chi connectivity index (χ2v) is 6.57. The van der Waals surface area contributed by atoms with E-state index in [1.807, 2.05) is 0 Å². The molecule has 2 heterocycles. The molecule has 2 N–H and O–H groups in total. The van der Waals surface area contributed by atoms with Crippen molar-refractivity contribution in [3.8, 4) is 0 Å². The molecule has 0 radical (unpaired) electrons. The molecule has 0 saturated carbocycles. The number of urea groups is 1. The molecule has 0 aromatic heterocycles. The van der Waals surface area contributed by atoms with E-state index >= 15 is 0 Å². The third-order valence-corrected chi connectivity index (χ3v) is 4.73. The van der Waals surface area contributed by atoms with E-state index in [9.17, 15) is 23.2 Å². The first kappa shape index (κ1) is 21.0. The Hall–Kier alpha value is -2.26. The van der Waals surface area contributed by atoms with Gasteiger partial charge < -0.3 is 15.5 Å². The van der Waals surface area contributed by atoms with Crippen LogP contribution in [0.15, 0.2) is 18.2 Å². The Balaban J connectivity index is 0.00000261. The second-order valence-electron chi connectivity index (χ2n) is 6.57. The van der Waals surface area contributed by atoms with E-state index in [-0.39, 0.29) is 37.5 Å². The van der Waals surface area contributed by atoms with Gasteiger partial charge in [0.1, 0.15) is 13.1 Å². The lowest BCUT2D eigenvalue weighted by Gasteiger charge is -2.33. The SMILES string of the molecule is CN1CC(=O)N(CC(=O)NC2CNCCC2c2ccc(F)c(F)c2)C1=O.Cl. The molecule has 1 aromatic rings. The minimum absolute atomic E-state index is 0. The fourth-order valence-electron chi connectivity index (χ4n) is 3.37. The third-order valence-electron chi connectivity index (χ3n) is 4.73. The molecular formula is C17H21ClF2N4O3. The summed E-state index contributed by atoms with van der Waals surface area (Å²) in [7, 11) is 1.49. The maximum absolute atomic E-state index is 13.6. The number of nitrogens with one attached hydrogen (secondary N) is 2. The van der Waals surface area contributed by atoms with E-state index < -0.39 is 29.5 Å². The Morgan fingerprint density at radius 1 is 1.30 bits per heavy atom. The summed E-state index contributed by atoms with van der Waals surface area (Å²) >= 11 is 0. The first-order valence-electron chi connectivity index (χ1n) is 8.37. The van der Waals surface area contributed by atoms with Gasteiger partial charge in [-0.25, -0.2) is 13.6 Å². The average Bonchev–Trinajstić information content (AvgIpc) is 2.84. The van der Waals surface area contributed by atoms with Gasteiger partial charge in [0.2, 0.25) is 5.91 Å². The molecule has 0 spiro atoms. The van der Waals surface area contributed by atoms with Gasteiger partial charge in [0.15, 0.2) is 11.6 Å². The van der Waals surface area contributed by atoms with Gasteiger partial charge in [-0.1, -0.05) is 6.07 Å². The lowest BCUT2D eigenvalue weighted by Crippen LogP contribution is -2.52. The van der Waals surface area contributed by atoms with Crippen molar-refractivity contribution in [2.24, 2.45) is 0 Å². The molecule has 2 fully saturated rings.